The van der Waals surface area contributed by atoms with Crippen LogP contribution in [-0.4, -0.2) is 56.8 Å². The highest BCUT2D eigenvalue weighted by atomic mass is 16.6. The molecule has 2 saturated heterocycles. The van der Waals surface area contributed by atoms with E-state index in [4.69, 9.17) is 4.74 Å². The van der Waals surface area contributed by atoms with E-state index in [-0.39, 0.29) is 5.91 Å². The number of likely N-dealkylation sites (tertiary alicyclic amines) is 1. The Bertz CT molecular complexity index is 1520. The minimum Gasteiger partial charge on any atom is -0.444 e. The Labute approximate surface area is 233 Å². The number of anilines is 1. The van der Waals surface area contributed by atoms with Crippen LogP contribution in [-0.2, 0) is 9.53 Å². The second-order valence-electron chi connectivity index (χ2n) is 11.7. The number of carbonyl (C=O) groups excluding carboxylic acids is 2. The van der Waals surface area contributed by atoms with E-state index in [1.807, 2.05) is 39.0 Å². The third-order valence-electron chi connectivity index (χ3n) is 7.59. The monoisotopic (exact) mass is 540 g/mol. The molecule has 2 aromatic heterocycles. The van der Waals surface area contributed by atoms with Gasteiger partial charge in [0.25, 0.3) is 0 Å². The molecule has 2 amide bonds. The number of hydrogen-bond donors (Lipinski definition) is 4. The fourth-order valence-electron chi connectivity index (χ4n) is 5.60. The number of ether oxygens (including phenoxy) is 1. The first kappa shape index (κ1) is 26.1. The van der Waals surface area contributed by atoms with Crippen LogP contribution in [0.15, 0.2) is 54.6 Å². The molecule has 2 aromatic carbocycles. The SMILES string of the molecule is CC(C)(C)OC(=O)N1CCC[C@H]1C(=O)Nc1ccc2[nH]c(-c3ccc(-c4cc([C@@H]5CCCN5)n[nH]4)cc3)cc2c1. The Kier molecular flexibility index (Phi) is 6.83. The molecule has 0 radical (unpaired) electrons. The maximum Gasteiger partial charge on any atom is 0.410 e. The summed E-state index contributed by atoms with van der Waals surface area (Å²) in [6.07, 6.45) is 3.26. The van der Waals surface area contributed by atoms with Crippen LogP contribution in [0.2, 0.25) is 0 Å². The van der Waals surface area contributed by atoms with Crippen LogP contribution in [0.1, 0.15) is 58.2 Å². The molecule has 40 heavy (non-hydrogen) atoms. The topological polar surface area (TPSA) is 115 Å². The number of amides is 2. The molecule has 0 unspecified atom stereocenters. The lowest BCUT2D eigenvalue weighted by atomic mass is 10.1. The van der Waals surface area contributed by atoms with Crippen molar-refractivity contribution in [1.29, 1.82) is 0 Å². The quantitative estimate of drug-likeness (QED) is 0.248. The van der Waals surface area contributed by atoms with Crippen LogP contribution in [0.25, 0.3) is 33.4 Å². The summed E-state index contributed by atoms with van der Waals surface area (Å²) >= 11 is 0. The van der Waals surface area contributed by atoms with Gasteiger partial charge in [-0.05, 0) is 94.5 Å². The fraction of sp³-hybridized carbons (Fsp3) is 0.387. The molecule has 6 rings (SSSR count). The summed E-state index contributed by atoms with van der Waals surface area (Å²) in [4.78, 5) is 30.7. The van der Waals surface area contributed by atoms with Gasteiger partial charge in [-0.3, -0.25) is 14.8 Å². The zero-order valence-corrected chi connectivity index (χ0v) is 23.2. The lowest BCUT2D eigenvalue weighted by Crippen LogP contribution is -2.45. The first-order valence-corrected chi connectivity index (χ1v) is 14.1. The number of nitrogens with one attached hydrogen (secondary N) is 4. The second-order valence-corrected chi connectivity index (χ2v) is 11.7. The minimum atomic E-state index is -0.604. The largest absolute Gasteiger partial charge is 0.444 e. The van der Waals surface area contributed by atoms with E-state index >= 15 is 0 Å². The van der Waals surface area contributed by atoms with E-state index in [2.05, 4.69) is 62.2 Å². The molecular formula is C31H36N6O3. The van der Waals surface area contributed by atoms with Crippen molar-refractivity contribution >= 4 is 28.6 Å². The number of hydrogen-bond acceptors (Lipinski definition) is 5. The van der Waals surface area contributed by atoms with Crippen LogP contribution in [0.3, 0.4) is 0 Å². The standard InChI is InChI=1S/C31H36N6O3/c1-31(2,3)40-30(39)37-15-5-7-28(37)29(38)33-22-12-13-23-21(16-22)17-25(34-23)19-8-10-20(11-9-19)26-18-27(36-35-26)24-6-4-14-32-24/h8-13,16-18,24,28,32,34H,4-7,14-15H2,1-3H3,(H,33,38)(H,35,36)/t24-,28-/m0/s1. The van der Waals surface area contributed by atoms with E-state index in [1.165, 1.54) is 11.3 Å². The molecule has 2 aliphatic heterocycles. The van der Waals surface area contributed by atoms with Crippen LogP contribution in [0.4, 0.5) is 10.5 Å². The molecule has 9 heteroatoms. The van der Waals surface area contributed by atoms with E-state index in [1.54, 1.807) is 0 Å². The predicted octanol–water partition coefficient (Wildman–Crippen LogP) is 5.99. The number of H-pyrrole nitrogens is 2. The van der Waals surface area contributed by atoms with Crippen LogP contribution >= 0.6 is 0 Å². The Morgan fingerprint density at radius 3 is 2.48 bits per heavy atom. The molecule has 2 atom stereocenters. The average molecular weight is 541 g/mol. The van der Waals surface area contributed by atoms with Gasteiger partial charge in [0.1, 0.15) is 11.6 Å². The Balaban J connectivity index is 1.14. The Morgan fingerprint density at radius 2 is 1.75 bits per heavy atom. The summed E-state index contributed by atoms with van der Waals surface area (Å²) in [7, 11) is 0. The normalized spacial score (nSPS) is 19.3. The summed E-state index contributed by atoms with van der Waals surface area (Å²) in [5.41, 5.74) is 6.32. The summed E-state index contributed by atoms with van der Waals surface area (Å²) < 4.78 is 5.50. The third kappa shape index (κ3) is 5.47. The van der Waals surface area contributed by atoms with Gasteiger partial charge in [-0.1, -0.05) is 24.3 Å². The maximum absolute atomic E-state index is 13.1. The highest BCUT2D eigenvalue weighted by Gasteiger charge is 2.36. The van der Waals surface area contributed by atoms with Gasteiger partial charge in [0.05, 0.1) is 17.4 Å². The lowest BCUT2D eigenvalue weighted by Gasteiger charge is -2.28. The van der Waals surface area contributed by atoms with Gasteiger partial charge in [0, 0.05) is 28.8 Å². The highest BCUT2D eigenvalue weighted by molar-refractivity contribution is 5.99. The number of aromatic nitrogens is 3. The highest BCUT2D eigenvalue weighted by Crippen LogP contribution is 2.30. The van der Waals surface area contributed by atoms with Crippen LogP contribution in [0.5, 0.6) is 0 Å². The van der Waals surface area contributed by atoms with Gasteiger partial charge >= 0.3 is 6.09 Å². The number of rotatable bonds is 5. The molecule has 4 heterocycles. The van der Waals surface area contributed by atoms with E-state index in [9.17, 15) is 9.59 Å². The molecule has 2 aliphatic rings. The van der Waals surface area contributed by atoms with E-state index in [0.29, 0.717) is 24.7 Å². The first-order valence-electron chi connectivity index (χ1n) is 14.1. The molecule has 4 aromatic rings. The molecule has 0 saturated carbocycles. The van der Waals surface area contributed by atoms with Gasteiger partial charge in [0.2, 0.25) is 5.91 Å². The van der Waals surface area contributed by atoms with Crippen molar-refractivity contribution in [1.82, 2.24) is 25.4 Å². The molecule has 4 N–H and O–H groups in total. The zero-order valence-electron chi connectivity index (χ0n) is 23.2. The molecule has 9 nitrogen and oxygen atoms in total. The second kappa shape index (κ2) is 10.5. The summed E-state index contributed by atoms with van der Waals surface area (Å²) in [5, 5.41) is 15.2. The first-order chi connectivity index (χ1) is 19.2. The lowest BCUT2D eigenvalue weighted by molar-refractivity contribution is -0.120. The Hall–Kier alpha value is -4.11. The van der Waals surface area contributed by atoms with Gasteiger partial charge in [-0.25, -0.2) is 4.79 Å². The van der Waals surface area contributed by atoms with Crippen molar-refractivity contribution in [2.75, 3.05) is 18.4 Å². The molecule has 0 aliphatic carbocycles. The van der Waals surface area contributed by atoms with E-state index < -0.39 is 17.7 Å². The molecule has 0 bridgehead atoms. The number of nitrogens with zero attached hydrogens (tertiary/aromatic N) is 2. The average Bonchev–Trinajstić information content (AvgIpc) is 3.73. The van der Waals surface area contributed by atoms with Crippen molar-refractivity contribution in [3.8, 4) is 22.5 Å². The number of aromatic amines is 2. The van der Waals surface area contributed by atoms with Crippen molar-refractivity contribution in [3.63, 3.8) is 0 Å². The summed E-state index contributed by atoms with van der Waals surface area (Å²) in [5.74, 6) is -0.195. The van der Waals surface area contributed by atoms with Crippen LogP contribution < -0.4 is 10.6 Å². The van der Waals surface area contributed by atoms with Gasteiger partial charge in [-0.2, -0.15) is 5.10 Å². The number of fused-ring (bicyclic) bond motifs is 1. The van der Waals surface area contributed by atoms with Crippen molar-refractivity contribution in [2.45, 2.75) is 64.1 Å². The molecule has 208 valence electrons. The minimum absolute atomic E-state index is 0.195. The van der Waals surface area contributed by atoms with Crippen molar-refractivity contribution in [2.24, 2.45) is 0 Å². The smallest absolute Gasteiger partial charge is 0.410 e. The molecular weight excluding hydrogens is 504 g/mol. The summed E-state index contributed by atoms with van der Waals surface area (Å²) in [6, 6.07) is 18.2. The maximum atomic E-state index is 13.1. The van der Waals surface area contributed by atoms with Gasteiger partial charge in [-0.15, -0.1) is 0 Å². The van der Waals surface area contributed by atoms with Crippen molar-refractivity contribution < 1.29 is 14.3 Å². The molecule has 2 fully saturated rings. The predicted molar refractivity (Wildman–Crippen MR) is 156 cm³/mol. The van der Waals surface area contributed by atoms with Gasteiger partial charge < -0.3 is 20.4 Å². The third-order valence-corrected chi connectivity index (χ3v) is 7.59. The molecule has 0 spiro atoms. The Morgan fingerprint density at radius 1 is 0.975 bits per heavy atom. The summed E-state index contributed by atoms with van der Waals surface area (Å²) in [6.45, 7) is 7.05. The fourth-order valence-corrected chi connectivity index (χ4v) is 5.60. The van der Waals surface area contributed by atoms with Crippen LogP contribution in [0, 0.1) is 0 Å². The van der Waals surface area contributed by atoms with E-state index in [0.717, 1.165) is 58.5 Å². The number of benzene rings is 2. The zero-order chi connectivity index (χ0) is 27.9. The van der Waals surface area contributed by atoms with Gasteiger partial charge in [0.15, 0.2) is 0 Å². The number of carbonyl (C=O) groups is 2. The van der Waals surface area contributed by atoms with Crippen molar-refractivity contribution in [3.05, 3.63) is 60.3 Å².